The summed E-state index contributed by atoms with van der Waals surface area (Å²) in [5.74, 6) is 0.925. The Kier molecular flexibility index (Phi) is 7.34. The first-order valence-corrected chi connectivity index (χ1v) is 10.6. The maximum absolute atomic E-state index is 13.0. The van der Waals surface area contributed by atoms with Gasteiger partial charge in [-0.1, -0.05) is 13.8 Å². The van der Waals surface area contributed by atoms with Crippen molar-refractivity contribution >= 4 is 16.8 Å². The van der Waals surface area contributed by atoms with Crippen LogP contribution in [0.3, 0.4) is 0 Å². The van der Waals surface area contributed by atoms with E-state index >= 15 is 0 Å². The van der Waals surface area contributed by atoms with E-state index in [1.54, 1.807) is 0 Å². The average molecular weight is 605 g/mol. The van der Waals surface area contributed by atoms with Gasteiger partial charge in [-0.15, -0.1) is 0 Å². The van der Waals surface area contributed by atoms with Gasteiger partial charge in [-0.05, 0) is 55.0 Å². The van der Waals surface area contributed by atoms with Crippen LogP contribution >= 0.6 is 0 Å². The van der Waals surface area contributed by atoms with Gasteiger partial charge in [0.15, 0.2) is 0 Å². The summed E-state index contributed by atoms with van der Waals surface area (Å²) in [7, 11) is 0. The molecule has 4 nitrogen and oxygen atoms in total. The molecule has 1 atom stereocenters. The number of aromatic amines is 1. The third kappa shape index (κ3) is 4.23. The molecule has 28 heavy (non-hydrogen) atoms. The molecule has 2 aromatic rings. The van der Waals surface area contributed by atoms with Gasteiger partial charge in [0.05, 0.1) is 0 Å². The zero-order valence-electron chi connectivity index (χ0n) is 17.3. The second kappa shape index (κ2) is 9.37. The number of benzene rings is 1. The smallest absolute Gasteiger partial charge is 0.253 e. The van der Waals surface area contributed by atoms with Crippen molar-refractivity contribution in [3.63, 3.8) is 0 Å². The summed E-state index contributed by atoms with van der Waals surface area (Å²) in [6, 6.07) is 6.76. The maximum atomic E-state index is 13.0. The zero-order valence-corrected chi connectivity index (χ0v) is 21.4. The van der Waals surface area contributed by atoms with Crippen molar-refractivity contribution in [1.29, 1.82) is 0 Å². The second-order valence-corrected chi connectivity index (χ2v) is 8.39. The quantitative estimate of drug-likeness (QED) is 0.526. The number of piperidine rings is 1. The Morgan fingerprint density at radius 2 is 2.04 bits per heavy atom. The summed E-state index contributed by atoms with van der Waals surface area (Å²) in [5.41, 5.74) is 4.72. The average Bonchev–Trinajstić information content (AvgIpc) is 3.06. The SMILES string of the molecule is [CH2-]CC(CC)N1CCc2[nH]c3ccc(C(=O)N4CCC(C)CC4)cc3c2C1.[U]. The normalized spacial score (nSPS) is 19.3. The molecule has 2 aliphatic heterocycles. The first-order valence-electron chi connectivity index (χ1n) is 10.6. The summed E-state index contributed by atoms with van der Waals surface area (Å²) in [6.07, 6.45) is 5.37. The van der Waals surface area contributed by atoms with Crippen LogP contribution in [-0.2, 0) is 13.0 Å². The molecule has 1 unspecified atom stereocenters. The number of fused-ring (bicyclic) bond motifs is 3. The van der Waals surface area contributed by atoms with E-state index in [-0.39, 0.29) is 37.0 Å². The predicted molar refractivity (Wildman–Crippen MR) is 111 cm³/mol. The fraction of sp³-hybridized carbons (Fsp3) is 0.565. The topological polar surface area (TPSA) is 39.3 Å². The van der Waals surface area contributed by atoms with Gasteiger partial charge < -0.3 is 16.8 Å². The third-order valence-electron chi connectivity index (χ3n) is 6.64. The summed E-state index contributed by atoms with van der Waals surface area (Å²) < 4.78 is 0. The number of hydrogen-bond donors (Lipinski definition) is 1. The number of nitrogens with zero attached hydrogens (tertiary/aromatic N) is 2. The Balaban J connectivity index is 0.00000225. The van der Waals surface area contributed by atoms with E-state index in [4.69, 9.17) is 0 Å². The van der Waals surface area contributed by atoms with Crippen molar-refractivity contribution in [1.82, 2.24) is 14.8 Å². The molecular weight excluding hydrogens is 572 g/mol. The summed E-state index contributed by atoms with van der Waals surface area (Å²) in [6.45, 7) is 12.5. The van der Waals surface area contributed by atoms with Gasteiger partial charge >= 0.3 is 0 Å². The summed E-state index contributed by atoms with van der Waals surface area (Å²) in [4.78, 5) is 21.2. The molecule has 1 saturated heterocycles. The molecule has 0 bridgehead atoms. The van der Waals surface area contributed by atoms with Crippen molar-refractivity contribution in [2.75, 3.05) is 19.6 Å². The predicted octanol–water partition coefficient (Wildman–Crippen LogP) is 4.40. The number of likely N-dealkylation sites (tertiary alicyclic amines) is 1. The number of rotatable bonds is 4. The van der Waals surface area contributed by atoms with Crippen LogP contribution in [0.2, 0.25) is 0 Å². The largest absolute Gasteiger partial charge is 0.358 e. The Morgan fingerprint density at radius 1 is 1.29 bits per heavy atom. The zero-order chi connectivity index (χ0) is 19.0. The van der Waals surface area contributed by atoms with E-state index in [0.717, 1.165) is 75.3 Å². The first kappa shape index (κ1) is 21.9. The number of amides is 1. The van der Waals surface area contributed by atoms with Crippen LogP contribution in [0.25, 0.3) is 10.9 Å². The van der Waals surface area contributed by atoms with Gasteiger partial charge in [-0.2, -0.15) is 6.42 Å². The van der Waals surface area contributed by atoms with E-state index in [2.05, 4.69) is 42.8 Å². The number of carbonyl (C=O) groups excluding carboxylic acids is 1. The third-order valence-corrected chi connectivity index (χ3v) is 6.64. The molecular formula is C23H32N3OU-. The van der Waals surface area contributed by atoms with Gasteiger partial charge in [0.1, 0.15) is 0 Å². The van der Waals surface area contributed by atoms with Crippen molar-refractivity contribution in [2.45, 2.75) is 58.5 Å². The monoisotopic (exact) mass is 604 g/mol. The van der Waals surface area contributed by atoms with Crippen LogP contribution in [0.5, 0.6) is 0 Å². The first-order chi connectivity index (χ1) is 13.1. The molecule has 0 radical (unpaired) electrons. The van der Waals surface area contributed by atoms with E-state index < -0.39 is 0 Å². The number of hydrogen-bond acceptors (Lipinski definition) is 2. The van der Waals surface area contributed by atoms with E-state index in [0.29, 0.717) is 6.04 Å². The number of nitrogens with one attached hydrogen (secondary N) is 1. The number of carbonyl (C=O) groups is 1. The van der Waals surface area contributed by atoms with Crippen molar-refractivity contribution in [3.05, 3.63) is 41.9 Å². The molecule has 0 spiro atoms. The van der Waals surface area contributed by atoms with Gasteiger partial charge in [0.2, 0.25) is 0 Å². The van der Waals surface area contributed by atoms with Gasteiger partial charge in [0.25, 0.3) is 5.91 Å². The Bertz CT molecular complexity index is 819. The van der Waals surface area contributed by atoms with Crippen molar-refractivity contribution < 1.29 is 35.9 Å². The standard InChI is InChI=1S/C23H32N3O.U/c1-4-18(5-2)26-13-10-22-20(15-26)19-14-17(6-7-21(19)24-22)23(27)25-11-8-16(3)9-12-25;/h6-7,14,16,18,24H,1,4-5,8-13,15H2,2-3H3;/q-1;. The Hall–Kier alpha value is -0.758. The molecule has 3 heterocycles. The van der Waals surface area contributed by atoms with Crippen LogP contribution < -0.4 is 0 Å². The van der Waals surface area contributed by atoms with Crippen LogP contribution in [-0.4, -0.2) is 46.4 Å². The second-order valence-electron chi connectivity index (χ2n) is 8.39. The summed E-state index contributed by atoms with van der Waals surface area (Å²) >= 11 is 0. The number of H-pyrrole nitrogens is 1. The minimum absolute atomic E-state index is 0. The van der Waals surface area contributed by atoms with Crippen LogP contribution in [0.1, 0.15) is 61.1 Å². The van der Waals surface area contributed by atoms with Crippen LogP contribution in [0.15, 0.2) is 18.2 Å². The molecule has 0 saturated carbocycles. The van der Waals surface area contributed by atoms with Crippen molar-refractivity contribution in [2.24, 2.45) is 5.92 Å². The molecule has 1 amide bonds. The molecule has 1 N–H and O–H groups in total. The Labute approximate surface area is 192 Å². The minimum Gasteiger partial charge on any atom is -0.358 e. The molecule has 0 aliphatic carbocycles. The molecule has 4 rings (SSSR count). The number of aromatic nitrogens is 1. The fourth-order valence-corrected chi connectivity index (χ4v) is 4.72. The van der Waals surface area contributed by atoms with Gasteiger partial charge in [-0.25, -0.2) is 0 Å². The fourth-order valence-electron chi connectivity index (χ4n) is 4.72. The van der Waals surface area contributed by atoms with E-state index in [1.165, 1.54) is 16.6 Å². The van der Waals surface area contributed by atoms with Gasteiger partial charge in [0, 0.05) is 85.9 Å². The molecule has 1 aromatic carbocycles. The molecule has 150 valence electrons. The minimum atomic E-state index is 0. The molecule has 5 heteroatoms. The maximum Gasteiger partial charge on any atom is 0.253 e. The van der Waals surface area contributed by atoms with Gasteiger partial charge in [-0.3, -0.25) is 9.69 Å². The molecule has 2 aliphatic rings. The molecule has 1 aromatic heterocycles. The van der Waals surface area contributed by atoms with Crippen LogP contribution in [0, 0.1) is 44.0 Å². The summed E-state index contributed by atoms with van der Waals surface area (Å²) in [5, 5.41) is 1.23. The van der Waals surface area contributed by atoms with Crippen molar-refractivity contribution in [3.8, 4) is 0 Å². The Morgan fingerprint density at radius 3 is 2.71 bits per heavy atom. The van der Waals surface area contributed by atoms with Crippen LogP contribution in [0.4, 0.5) is 0 Å². The van der Waals surface area contributed by atoms with E-state index in [9.17, 15) is 4.79 Å². The molecule has 1 fully saturated rings. The van der Waals surface area contributed by atoms with E-state index in [1.807, 2.05) is 11.0 Å².